The first-order valence-electron chi connectivity index (χ1n) is 7.78. The molecule has 1 unspecified atom stereocenters. The monoisotopic (exact) mass is 352 g/mol. The van der Waals surface area contributed by atoms with Crippen LogP contribution in [0, 0.1) is 0 Å². The molecule has 11 nitrogen and oxygen atoms in total. The number of carbonyl (C=O) groups excluding carboxylic acids is 1. The Balaban J connectivity index is 1.94. The number of imidazole rings is 1. The summed E-state index contributed by atoms with van der Waals surface area (Å²) in [6.45, 7) is 1.79. The number of aliphatic hydroxyl groups excluding tert-OH is 2. The van der Waals surface area contributed by atoms with Crippen LogP contribution in [0.15, 0.2) is 18.9 Å². The maximum absolute atomic E-state index is 12.3. The second kappa shape index (κ2) is 6.71. The number of hydrogen-bond acceptors (Lipinski definition) is 10. The molecule has 0 bridgehead atoms. The molecule has 1 aliphatic heterocycles. The minimum atomic E-state index is -2.09. The maximum Gasteiger partial charge on any atom is 0.225 e. The molecule has 1 saturated heterocycles. The summed E-state index contributed by atoms with van der Waals surface area (Å²) < 4.78 is 7.10. The van der Waals surface area contributed by atoms with Gasteiger partial charge in [0, 0.05) is 6.42 Å². The summed E-state index contributed by atoms with van der Waals surface area (Å²) in [5.74, 6) is 4.69. The molecule has 0 aromatic carbocycles. The average Bonchev–Trinajstić information content (AvgIpc) is 3.17. The molecule has 136 valence electrons. The van der Waals surface area contributed by atoms with Crippen molar-refractivity contribution in [1.82, 2.24) is 19.5 Å². The number of fused-ring (bicyclic) bond motifs is 1. The summed E-state index contributed by atoms with van der Waals surface area (Å²) in [5.41, 5.74) is 4.75. The lowest BCUT2D eigenvalue weighted by Gasteiger charge is -2.32. The van der Waals surface area contributed by atoms with Gasteiger partial charge in [-0.25, -0.2) is 20.8 Å². The Morgan fingerprint density at radius 3 is 2.88 bits per heavy atom. The second-order valence-electron chi connectivity index (χ2n) is 5.90. The smallest absolute Gasteiger partial charge is 0.225 e. The third-order valence-electron chi connectivity index (χ3n) is 4.28. The van der Waals surface area contributed by atoms with E-state index in [9.17, 15) is 15.0 Å². The molecule has 2 aromatic rings. The highest BCUT2D eigenvalue weighted by Gasteiger charge is 2.56. The van der Waals surface area contributed by atoms with Crippen LogP contribution in [0.2, 0.25) is 0 Å². The number of aromatic nitrogens is 4. The van der Waals surface area contributed by atoms with E-state index in [1.54, 1.807) is 6.92 Å². The fourth-order valence-electron chi connectivity index (χ4n) is 2.93. The zero-order valence-corrected chi connectivity index (χ0v) is 13.5. The number of ketones is 1. The number of rotatable bonds is 6. The first kappa shape index (κ1) is 17.8. The largest absolute Gasteiger partial charge is 0.387 e. The third-order valence-corrected chi connectivity index (χ3v) is 4.28. The fraction of sp³-hybridized carbons (Fsp3) is 0.571. The molecular weight excluding hydrogens is 332 g/mol. The van der Waals surface area contributed by atoms with Gasteiger partial charge in [-0.15, -0.1) is 0 Å². The predicted molar refractivity (Wildman–Crippen MR) is 83.4 cm³/mol. The van der Waals surface area contributed by atoms with Gasteiger partial charge in [-0.2, -0.15) is 0 Å². The van der Waals surface area contributed by atoms with Crippen LogP contribution in [0.1, 0.15) is 26.0 Å². The molecule has 0 saturated carbocycles. The summed E-state index contributed by atoms with van der Waals surface area (Å²) in [5, 5.41) is 20.8. The van der Waals surface area contributed by atoms with Crippen molar-refractivity contribution in [3.63, 3.8) is 0 Å². The minimum Gasteiger partial charge on any atom is -0.387 e. The molecule has 1 fully saturated rings. The number of ether oxygens (including phenoxy) is 1. The van der Waals surface area contributed by atoms with E-state index in [0.717, 1.165) is 0 Å². The van der Waals surface area contributed by atoms with Gasteiger partial charge in [-0.3, -0.25) is 19.9 Å². The van der Waals surface area contributed by atoms with E-state index in [0.29, 0.717) is 17.6 Å². The quantitative estimate of drug-likeness (QED) is 0.349. The van der Waals surface area contributed by atoms with Crippen LogP contribution >= 0.6 is 0 Å². The van der Waals surface area contributed by atoms with Crippen LogP contribution < -0.4 is 11.6 Å². The summed E-state index contributed by atoms with van der Waals surface area (Å²) in [6.07, 6.45) is -0.545. The molecule has 11 heteroatoms. The highest BCUT2D eigenvalue weighted by Crippen LogP contribution is 2.36. The summed E-state index contributed by atoms with van der Waals surface area (Å²) in [7, 11) is 0. The van der Waals surface area contributed by atoms with Gasteiger partial charge >= 0.3 is 0 Å². The molecule has 0 radical (unpaired) electrons. The van der Waals surface area contributed by atoms with Crippen LogP contribution in [0.3, 0.4) is 0 Å². The van der Waals surface area contributed by atoms with Crippen LogP contribution in [-0.2, 0) is 14.4 Å². The Kier molecular flexibility index (Phi) is 4.77. The summed E-state index contributed by atoms with van der Waals surface area (Å²) >= 11 is 0. The fourth-order valence-corrected chi connectivity index (χ4v) is 2.93. The predicted octanol–water partition coefficient (Wildman–Crippen LogP) is -1.64. The van der Waals surface area contributed by atoms with Crippen LogP contribution in [-0.4, -0.2) is 59.6 Å². The molecule has 6 N–H and O–H groups in total. The third kappa shape index (κ3) is 2.80. The molecule has 5 atom stereocenters. The molecule has 2 aromatic heterocycles. The number of carbonyl (C=O) groups is 1. The van der Waals surface area contributed by atoms with Crippen molar-refractivity contribution in [2.75, 3.05) is 0 Å². The molecule has 1 aliphatic rings. The topological polar surface area (TPSA) is 172 Å². The van der Waals surface area contributed by atoms with E-state index >= 15 is 0 Å². The lowest BCUT2D eigenvalue weighted by molar-refractivity contribution is -0.182. The highest BCUT2D eigenvalue weighted by molar-refractivity contribution is 5.87. The first-order chi connectivity index (χ1) is 11.9. The van der Waals surface area contributed by atoms with Gasteiger partial charge in [0.15, 0.2) is 17.7 Å². The lowest BCUT2D eigenvalue weighted by atomic mass is 9.94. The Bertz CT molecular complexity index is 769. The number of nitrogens with zero attached hydrogens (tertiary/aromatic N) is 4. The Hall–Kier alpha value is -2.02. The molecule has 3 rings (SSSR count). The zero-order valence-electron chi connectivity index (χ0n) is 13.5. The van der Waals surface area contributed by atoms with Crippen LogP contribution in [0.25, 0.3) is 11.2 Å². The second-order valence-corrected chi connectivity index (χ2v) is 5.90. The average molecular weight is 352 g/mol. The van der Waals surface area contributed by atoms with E-state index in [4.69, 9.17) is 16.4 Å². The molecule has 0 amide bonds. The van der Waals surface area contributed by atoms with Crippen molar-refractivity contribution in [3.05, 3.63) is 18.9 Å². The Morgan fingerprint density at radius 2 is 2.20 bits per heavy atom. The van der Waals surface area contributed by atoms with Gasteiger partial charge in [-0.1, -0.05) is 6.92 Å². The van der Waals surface area contributed by atoms with Crippen molar-refractivity contribution in [3.8, 4) is 0 Å². The normalized spacial score (nSPS) is 29.0. The van der Waals surface area contributed by atoms with Gasteiger partial charge in [0.25, 0.3) is 0 Å². The van der Waals surface area contributed by atoms with Crippen LogP contribution in [0.5, 0.6) is 0 Å². The molecule has 0 aliphatic carbocycles. The molecular formula is C14H20N6O5. The number of Topliss-reactive ketones (excluding diaryl/α,β-unsaturated/α-hetero) is 1. The maximum atomic E-state index is 12.3. The van der Waals surface area contributed by atoms with E-state index in [1.807, 2.05) is 0 Å². The first-order valence-corrected chi connectivity index (χ1v) is 7.78. The van der Waals surface area contributed by atoms with E-state index < -0.39 is 36.0 Å². The van der Waals surface area contributed by atoms with Gasteiger partial charge in [-0.05, 0) is 6.42 Å². The van der Waals surface area contributed by atoms with Crippen molar-refractivity contribution in [1.29, 1.82) is 0 Å². The number of nitrogens with two attached hydrogens (primary N) is 2. The molecule has 0 spiro atoms. The van der Waals surface area contributed by atoms with E-state index in [2.05, 4.69) is 19.8 Å². The zero-order chi connectivity index (χ0) is 18.2. The van der Waals surface area contributed by atoms with Crippen molar-refractivity contribution in [2.45, 2.75) is 50.0 Å². The summed E-state index contributed by atoms with van der Waals surface area (Å²) in [4.78, 5) is 29.0. The van der Waals surface area contributed by atoms with Gasteiger partial charge < -0.3 is 14.9 Å². The van der Waals surface area contributed by atoms with Gasteiger partial charge in [0.1, 0.15) is 30.2 Å². The Labute approximate surface area is 142 Å². The standard InChI is InChI=1S/C14H20N6O5/c1-2-3-8(21)14(15,25-16)11-9(22)10(23)13(24-11)20-6-19-7-4-17-5-18-12(7)20/h4-6,9-11,13,22-23H,2-3,15-16H2,1H3/t9-,10-,11-,13+,14?/m0/s1. The van der Waals surface area contributed by atoms with E-state index in [1.165, 1.54) is 23.4 Å². The van der Waals surface area contributed by atoms with Gasteiger partial charge in [0.2, 0.25) is 5.72 Å². The lowest BCUT2D eigenvalue weighted by Crippen LogP contribution is -2.64. The Morgan fingerprint density at radius 1 is 1.44 bits per heavy atom. The van der Waals surface area contributed by atoms with Crippen molar-refractivity contribution < 1.29 is 24.6 Å². The minimum absolute atomic E-state index is 0.0856. The van der Waals surface area contributed by atoms with Crippen molar-refractivity contribution in [2.24, 2.45) is 11.6 Å². The summed E-state index contributed by atoms with van der Waals surface area (Å²) in [6, 6.07) is 0. The van der Waals surface area contributed by atoms with Crippen molar-refractivity contribution >= 4 is 16.9 Å². The molecule has 25 heavy (non-hydrogen) atoms. The molecule has 3 heterocycles. The number of hydrogen-bond donors (Lipinski definition) is 4. The van der Waals surface area contributed by atoms with Gasteiger partial charge in [0.05, 0.1) is 12.5 Å². The highest BCUT2D eigenvalue weighted by atomic mass is 16.7. The van der Waals surface area contributed by atoms with Crippen LogP contribution in [0.4, 0.5) is 0 Å². The SMILES string of the molecule is CCCC(=O)C(N)(ON)[C@H]1O[C@@H](n2cnc3cncnc32)[C@@H](O)[C@@H]1O. The van der Waals surface area contributed by atoms with E-state index in [-0.39, 0.29) is 6.42 Å². The number of aliphatic hydroxyl groups is 2.